The minimum atomic E-state index is -0.174. The van der Waals surface area contributed by atoms with Crippen molar-refractivity contribution in [3.05, 3.63) is 35.6 Å². The fourth-order valence-corrected chi connectivity index (χ4v) is 3.00. The van der Waals surface area contributed by atoms with E-state index in [0.29, 0.717) is 6.04 Å². The Morgan fingerprint density at radius 2 is 2.11 bits per heavy atom. The van der Waals surface area contributed by atoms with E-state index >= 15 is 0 Å². The molecule has 1 saturated carbocycles. The Morgan fingerprint density at radius 3 is 2.74 bits per heavy atom. The van der Waals surface area contributed by atoms with Crippen LogP contribution in [-0.2, 0) is 6.42 Å². The molecule has 1 unspecified atom stereocenters. The van der Waals surface area contributed by atoms with Crippen LogP contribution in [0.15, 0.2) is 24.3 Å². The lowest BCUT2D eigenvalue weighted by Crippen LogP contribution is -2.40. The first kappa shape index (κ1) is 14.5. The first-order valence-electron chi connectivity index (χ1n) is 7.22. The summed E-state index contributed by atoms with van der Waals surface area (Å²) in [7, 11) is 0. The van der Waals surface area contributed by atoms with Crippen LogP contribution in [0.4, 0.5) is 4.39 Å². The summed E-state index contributed by atoms with van der Waals surface area (Å²) < 4.78 is 13.1. The van der Waals surface area contributed by atoms with Gasteiger partial charge in [0.1, 0.15) is 5.82 Å². The predicted octanol–water partition coefficient (Wildman–Crippen LogP) is 2.90. The van der Waals surface area contributed by atoms with Gasteiger partial charge in [-0.25, -0.2) is 4.39 Å². The third kappa shape index (κ3) is 4.02. The van der Waals surface area contributed by atoms with Crippen LogP contribution in [0, 0.1) is 11.2 Å². The Hall–Kier alpha value is -0.930. The number of rotatable bonds is 6. The van der Waals surface area contributed by atoms with E-state index in [9.17, 15) is 9.50 Å². The molecule has 0 saturated heterocycles. The van der Waals surface area contributed by atoms with Gasteiger partial charge in [-0.3, -0.25) is 0 Å². The summed E-state index contributed by atoms with van der Waals surface area (Å²) in [5.41, 5.74) is 1.10. The van der Waals surface area contributed by atoms with Gasteiger partial charge in [-0.1, -0.05) is 25.0 Å². The van der Waals surface area contributed by atoms with Crippen molar-refractivity contribution >= 4 is 0 Å². The Kier molecular flexibility index (Phi) is 4.94. The minimum Gasteiger partial charge on any atom is -0.396 e. The number of halogens is 1. The maximum absolute atomic E-state index is 13.1. The number of aliphatic hydroxyl groups is 1. The number of nitrogens with one attached hydrogen (secondary N) is 1. The highest BCUT2D eigenvalue weighted by atomic mass is 19.1. The number of aliphatic hydroxyl groups excluding tert-OH is 1. The molecule has 0 heterocycles. The summed E-state index contributed by atoms with van der Waals surface area (Å²) in [6.45, 7) is 3.25. The molecular formula is C16H24FNO. The Balaban J connectivity index is 1.82. The molecule has 2 rings (SSSR count). The summed E-state index contributed by atoms with van der Waals surface area (Å²) >= 11 is 0. The van der Waals surface area contributed by atoms with E-state index < -0.39 is 0 Å². The molecule has 106 valence electrons. The van der Waals surface area contributed by atoms with Crippen LogP contribution < -0.4 is 5.32 Å². The molecule has 1 aliphatic rings. The molecule has 19 heavy (non-hydrogen) atoms. The smallest absolute Gasteiger partial charge is 0.123 e. The van der Waals surface area contributed by atoms with E-state index in [1.165, 1.54) is 18.9 Å². The average Bonchev–Trinajstić information content (AvgIpc) is 2.86. The van der Waals surface area contributed by atoms with Gasteiger partial charge >= 0.3 is 0 Å². The van der Waals surface area contributed by atoms with Crippen LogP contribution in [0.3, 0.4) is 0 Å². The quantitative estimate of drug-likeness (QED) is 0.829. The van der Waals surface area contributed by atoms with Crippen molar-refractivity contribution in [2.75, 3.05) is 13.2 Å². The summed E-state index contributed by atoms with van der Waals surface area (Å²) in [4.78, 5) is 0. The Morgan fingerprint density at radius 1 is 1.37 bits per heavy atom. The monoisotopic (exact) mass is 265 g/mol. The Bertz CT molecular complexity index is 401. The summed E-state index contributed by atoms with van der Waals surface area (Å²) in [6, 6.07) is 7.07. The van der Waals surface area contributed by atoms with Gasteiger partial charge in [-0.2, -0.15) is 0 Å². The Labute approximate surface area is 115 Å². The van der Waals surface area contributed by atoms with Crippen molar-refractivity contribution in [1.82, 2.24) is 5.32 Å². The average molecular weight is 265 g/mol. The summed E-state index contributed by atoms with van der Waals surface area (Å²) in [5.74, 6) is -0.174. The molecule has 0 radical (unpaired) electrons. The van der Waals surface area contributed by atoms with E-state index in [4.69, 9.17) is 0 Å². The van der Waals surface area contributed by atoms with Crippen LogP contribution in [-0.4, -0.2) is 24.3 Å². The van der Waals surface area contributed by atoms with Gasteiger partial charge < -0.3 is 10.4 Å². The molecule has 0 amide bonds. The first-order chi connectivity index (χ1) is 9.13. The van der Waals surface area contributed by atoms with Crippen molar-refractivity contribution in [3.63, 3.8) is 0 Å². The molecular weight excluding hydrogens is 241 g/mol. The van der Waals surface area contributed by atoms with E-state index in [-0.39, 0.29) is 17.8 Å². The molecule has 0 bridgehead atoms. The second-order valence-electron chi connectivity index (χ2n) is 5.98. The summed E-state index contributed by atoms with van der Waals surface area (Å²) in [5, 5.41) is 13.1. The maximum atomic E-state index is 13.1. The topological polar surface area (TPSA) is 32.3 Å². The molecule has 0 aliphatic heterocycles. The van der Waals surface area contributed by atoms with E-state index in [0.717, 1.165) is 31.4 Å². The molecule has 0 spiro atoms. The largest absolute Gasteiger partial charge is 0.396 e. The zero-order chi connectivity index (χ0) is 13.7. The fourth-order valence-electron chi connectivity index (χ4n) is 3.00. The highest BCUT2D eigenvalue weighted by Crippen LogP contribution is 2.36. The van der Waals surface area contributed by atoms with E-state index in [1.807, 2.05) is 6.07 Å². The zero-order valence-corrected chi connectivity index (χ0v) is 11.7. The molecule has 0 aromatic heterocycles. The van der Waals surface area contributed by atoms with Crippen LogP contribution >= 0.6 is 0 Å². The normalized spacial score (nSPS) is 19.5. The third-order valence-electron chi connectivity index (χ3n) is 4.26. The van der Waals surface area contributed by atoms with Crippen molar-refractivity contribution in [2.24, 2.45) is 5.41 Å². The highest BCUT2D eigenvalue weighted by Gasteiger charge is 2.33. The summed E-state index contributed by atoms with van der Waals surface area (Å²) in [6.07, 6.45) is 5.49. The van der Waals surface area contributed by atoms with Gasteiger partial charge in [0.15, 0.2) is 0 Å². The van der Waals surface area contributed by atoms with Gasteiger partial charge in [-0.15, -0.1) is 0 Å². The van der Waals surface area contributed by atoms with Crippen LogP contribution in [0.2, 0.25) is 0 Å². The zero-order valence-electron chi connectivity index (χ0n) is 11.7. The highest BCUT2D eigenvalue weighted by molar-refractivity contribution is 5.17. The van der Waals surface area contributed by atoms with Crippen molar-refractivity contribution < 1.29 is 9.50 Å². The molecule has 1 atom stereocenters. The number of benzene rings is 1. The lowest BCUT2D eigenvalue weighted by atomic mass is 9.87. The van der Waals surface area contributed by atoms with Gasteiger partial charge in [0.05, 0.1) is 0 Å². The lowest BCUT2D eigenvalue weighted by molar-refractivity contribution is 0.125. The SMILES string of the molecule is CC(Cc1cccc(F)c1)NCC1(CO)CCCC1. The van der Waals surface area contributed by atoms with Gasteiger partial charge in [0, 0.05) is 24.6 Å². The lowest BCUT2D eigenvalue weighted by Gasteiger charge is -2.28. The van der Waals surface area contributed by atoms with Crippen LogP contribution in [0.5, 0.6) is 0 Å². The van der Waals surface area contributed by atoms with Gasteiger partial charge in [0.25, 0.3) is 0 Å². The van der Waals surface area contributed by atoms with Crippen LogP contribution in [0.1, 0.15) is 38.2 Å². The molecule has 1 fully saturated rings. The van der Waals surface area contributed by atoms with Crippen LogP contribution in [0.25, 0.3) is 0 Å². The maximum Gasteiger partial charge on any atom is 0.123 e. The third-order valence-corrected chi connectivity index (χ3v) is 4.26. The number of hydrogen-bond donors (Lipinski definition) is 2. The second-order valence-corrected chi connectivity index (χ2v) is 5.98. The van der Waals surface area contributed by atoms with Crippen molar-refractivity contribution in [1.29, 1.82) is 0 Å². The molecule has 1 aromatic carbocycles. The van der Waals surface area contributed by atoms with Crippen molar-refractivity contribution in [2.45, 2.75) is 45.1 Å². The molecule has 1 aliphatic carbocycles. The molecule has 2 nitrogen and oxygen atoms in total. The van der Waals surface area contributed by atoms with E-state index in [2.05, 4.69) is 12.2 Å². The standard InChI is InChI=1S/C16H24FNO/c1-13(9-14-5-4-6-15(17)10-14)18-11-16(12-19)7-2-3-8-16/h4-6,10,13,18-19H,2-3,7-9,11-12H2,1H3. The molecule has 1 aromatic rings. The second kappa shape index (κ2) is 6.49. The van der Waals surface area contributed by atoms with Gasteiger partial charge in [-0.05, 0) is 43.9 Å². The van der Waals surface area contributed by atoms with Gasteiger partial charge in [0.2, 0.25) is 0 Å². The fraction of sp³-hybridized carbons (Fsp3) is 0.625. The molecule has 2 N–H and O–H groups in total. The minimum absolute atomic E-state index is 0.0796. The predicted molar refractivity (Wildman–Crippen MR) is 75.6 cm³/mol. The van der Waals surface area contributed by atoms with E-state index in [1.54, 1.807) is 12.1 Å². The first-order valence-corrected chi connectivity index (χ1v) is 7.22. The van der Waals surface area contributed by atoms with Crippen molar-refractivity contribution in [3.8, 4) is 0 Å². The number of hydrogen-bond acceptors (Lipinski definition) is 2. The molecule has 3 heteroatoms.